The summed E-state index contributed by atoms with van der Waals surface area (Å²) in [6.45, 7) is 4.69. The maximum absolute atomic E-state index is 12.8. The third kappa shape index (κ3) is 4.81. The van der Waals surface area contributed by atoms with Gasteiger partial charge in [0.15, 0.2) is 0 Å². The molecule has 0 amide bonds. The summed E-state index contributed by atoms with van der Waals surface area (Å²) in [7, 11) is 1.76. The molecule has 1 aromatic carbocycles. The van der Waals surface area contributed by atoms with Gasteiger partial charge >= 0.3 is 5.69 Å². The largest absolute Gasteiger partial charge is 0.370 e. The van der Waals surface area contributed by atoms with Crippen molar-refractivity contribution in [2.24, 2.45) is 7.05 Å². The fraction of sp³-hybridized carbons (Fsp3) is 0.300. The van der Waals surface area contributed by atoms with E-state index in [9.17, 15) is 4.79 Å². The molecule has 5 nitrogen and oxygen atoms in total. The minimum absolute atomic E-state index is 0.00271. The molecule has 28 heavy (non-hydrogen) atoms. The van der Waals surface area contributed by atoms with Crippen LogP contribution in [0.25, 0.3) is 0 Å². The summed E-state index contributed by atoms with van der Waals surface area (Å²) in [5, 5.41) is 1.93. The zero-order valence-electron chi connectivity index (χ0n) is 15.9. The van der Waals surface area contributed by atoms with Crippen molar-refractivity contribution < 1.29 is 4.74 Å². The molecule has 0 saturated heterocycles. The molecule has 2 heterocycles. The van der Waals surface area contributed by atoms with Crippen molar-refractivity contribution in [2.45, 2.75) is 43.0 Å². The molecule has 0 radical (unpaired) electrons. The highest BCUT2D eigenvalue weighted by molar-refractivity contribution is 7.99. The summed E-state index contributed by atoms with van der Waals surface area (Å²) in [4.78, 5) is 17.8. The fourth-order valence-corrected chi connectivity index (χ4v) is 4.77. The Kier molecular flexibility index (Phi) is 6.88. The van der Waals surface area contributed by atoms with Gasteiger partial charge < -0.3 is 4.74 Å². The lowest BCUT2D eigenvalue weighted by Gasteiger charge is -2.13. The molecule has 0 spiro atoms. The van der Waals surface area contributed by atoms with E-state index in [0.717, 1.165) is 21.2 Å². The number of hydrogen-bond donors (Lipinski definition) is 0. The number of imidazole rings is 1. The average molecular weight is 438 g/mol. The molecular weight excluding hydrogens is 417 g/mol. The molecular formula is C20H21Cl2N3O2S. The summed E-state index contributed by atoms with van der Waals surface area (Å²) in [5.74, 6) is 0. The van der Waals surface area contributed by atoms with Gasteiger partial charge in [-0.25, -0.2) is 4.79 Å². The van der Waals surface area contributed by atoms with E-state index < -0.39 is 0 Å². The van der Waals surface area contributed by atoms with Crippen LogP contribution in [-0.2, 0) is 25.0 Å². The highest BCUT2D eigenvalue weighted by Gasteiger charge is 2.21. The molecule has 0 N–H and O–H groups in total. The summed E-state index contributed by atoms with van der Waals surface area (Å²) in [5.41, 5.74) is 1.71. The van der Waals surface area contributed by atoms with Gasteiger partial charge in [-0.1, -0.05) is 41.0 Å². The standard InChI is InChI=1S/C20H21Cl2N3O2S/c1-13(2)25-19(28-17-8-15(21)7-16(22)9-17)18(24(3)20(25)26)12-27-11-14-5-4-6-23-10-14/h4-10,13H,11-12H2,1-3H3. The van der Waals surface area contributed by atoms with Gasteiger partial charge in [-0.05, 0) is 43.7 Å². The van der Waals surface area contributed by atoms with Crippen LogP contribution in [0.15, 0.2) is 57.4 Å². The van der Waals surface area contributed by atoms with Crippen LogP contribution in [0.2, 0.25) is 10.0 Å². The molecule has 0 fully saturated rings. The number of nitrogens with zero attached hydrogens (tertiary/aromatic N) is 3. The van der Waals surface area contributed by atoms with E-state index in [2.05, 4.69) is 4.98 Å². The first kappa shape index (κ1) is 21.0. The van der Waals surface area contributed by atoms with Crippen LogP contribution in [0.4, 0.5) is 0 Å². The number of hydrogen-bond acceptors (Lipinski definition) is 4. The lowest BCUT2D eigenvalue weighted by Crippen LogP contribution is -2.24. The second-order valence-corrected chi connectivity index (χ2v) is 8.55. The molecule has 0 atom stereocenters. The molecule has 0 saturated carbocycles. The lowest BCUT2D eigenvalue weighted by atomic mass is 10.3. The van der Waals surface area contributed by atoms with Crippen molar-refractivity contribution in [1.82, 2.24) is 14.1 Å². The Morgan fingerprint density at radius 2 is 1.89 bits per heavy atom. The van der Waals surface area contributed by atoms with Crippen molar-refractivity contribution in [3.05, 3.63) is 74.5 Å². The SMILES string of the molecule is CC(C)n1c(Sc2cc(Cl)cc(Cl)c2)c(COCc2cccnc2)n(C)c1=O. The third-order valence-corrected chi connectivity index (χ3v) is 5.69. The summed E-state index contributed by atoms with van der Waals surface area (Å²) < 4.78 is 9.28. The first-order valence-corrected chi connectivity index (χ1v) is 10.3. The van der Waals surface area contributed by atoms with Crippen molar-refractivity contribution in [1.29, 1.82) is 0 Å². The third-order valence-electron chi connectivity index (χ3n) is 4.16. The minimum atomic E-state index is -0.0781. The van der Waals surface area contributed by atoms with E-state index >= 15 is 0 Å². The van der Waals surface area contributed by atoms with E-state index in [1.165, 1.54) is 11.8 Å². The van der Waals surface area contributed by atoms with E-state index in [0.29, 0.717) is 23.3 Å². The summed E-state index contributed by atoms with van der Waals surface area (Å²) in [6, 6.07) is 9.18. The fourth-order valence-electron chi connectivity index (χ4n) is 2.82. The number of rotatable bonds is 7. The van der Waals surface area contributed by atoms with Crippen LogP contribution < -0.4 is 5.69 Å². The number of pyridine rings is 1. The second-order valence-electron chi connectivity index (χ2n) is 6.62. The molecule has 148 valence electrons. The van der Waals surface area contributed by atoms with Crippen LogP contribution in [0.3, 0.4) is 0 Å². The van der Waals surface area contributed by atoms with Crippen LogP contribution in [0, 0.1) is 0 Å². The van der Waals surface area contributed by atoms with Crippen LogP contribution in [0.5, 0.6) is 0 Å². The Balaban J connectivity index is 1.92. The minimum Gasteiger partial charge on any atom is -0.370 e. The molecule has 0 bridgehead atoms. The zero-order valence-corrected chi connectivity index (χ0v) is 18.2. The molecule has 2 aromatic heterocycles. The monoisotopic (exact) mass is 437 g/mol. The summed E-state index contributed by atoms with van der Waals surface area (Å²) >= 11 is 13.7. The van der Waals surface area contributed by atoms with Crippen molar-refractivity contribution in [2.75, 3.05) is 0 Å². The highest BCUT2D eigenvalue weighted by atomic mass is 35.5. The van der Waals surface area contributed by atoms with E-state index in [1.807, 2.05) is 38.1 Å². The number of ether oxygens (including phenoxy) is 1. The smallest absolute Gasteiger partial charge is 0.329 e. The van der Waals surface area contributed by atoms with Crippen molar-refractivity contribution >= 4 is 35.0 Å². The Morgan fingerprint density at radius 1 is 1.18 bits per heavy atom. The number of benzene rings is 1. The zero-order chi connectivity index (χ0) is 20.3. The molecule has 0 aliphatic carbocycles. The number of aromatic nitrogens is 3. The molecule has 8 heteroatoms. The first-order valence-electron chi connectivity index (χ1n) is 8.77. The van der Waals surface area contributed by atoms with Crippen molar-refractivity contribution in [3.8, 4) is 0 Å². The predicted molar refractivity (Wildman–Crippen MR) is 113 cm³/mol. The van der Waals surface area contributed by atoms with E-state index in [4.69, 9.17) is 27.9 Å². The van der Waals surface area contributed by atoms with Crippen LogP contribution >= 0.6 is 35.0 Å². The van der Waals surface area contributed by atoms with Gasteiger partial charge in [0.1, 0.15) is 5.03 Å². The quantitative estimate of drug-likeness (QED) is 0.500. The summed E-state index contributed by atoms with van der Waals surface area (Å²) in [6.07, 6.45) is 3.49. The Labute approximate surface area is 178 Å². The normalized spacial score (nSPS) is 11.4. The second kappa shape index (κ2) is 9.18. The Bertz CT molecular complexity index is 996. The maximum Gasteiger partial charge on any atom is 0.329 e. The Hall–Kier alpha value is -1.73. The van der Waals surface area contributed by atoms with E-state index in [1.54, 1.807) is 34.6 Å². The molecule has 0 aliphatic rings. The maximum atomic E-state index is 12.8. The van der Waals surface area contributed by atoms with Gasteiger partial charge in [-0.15, -0.1) is 0 Å². The molecule has 0 unspecified atom stereocenters. The molecule has 3 aromatic rings. The van der Waals surface area contributed by atoms with Gasteiger partial charge in [-0.3, -0.25) is 14.1 Å². The van der Waals surface area contributed by atoms with E-state index in [-0.39, 0.29) is 11.7 Å². The van der Waals surface area contributed by atoms with Crippen LogP contribution in [0.1, 0.15) is 31.1 Å². The molecule has 3 rings (SSSR count). The van der Waals surface area contributed by atoms with Gasteiger partial charge in [0.2, 0.25) is 0 Å². The first-order chi connectivity index (χ1) is 13.4. The molecule has 0 aliphatic heterocycles. The number of halogens is 2. The van der Waals surface area contributed by atoms with Gasteiger partial charge in [-0.2, -0.15) is 0 Å². The van der Waals surface area contributed by atoms with Gasteiger partial charge in [0.25, 0.3) is 0 Å². The highest BCUT2D eigenvalue weighted by Crippen LogP contribution is 2.35. The lowest BCUT2D eigenvalue weighted by molar-refractivity contribution is 0.100. The van der Waals surface area contributed by atoms with Gasteiger partial charge in [0, 0.05) is 40.4 Å². The Morgan fingerprint density at radius 3 is 2.50 bits per heavy atom. The van der Waals surface area contributed by atoms with Crippen molar-refractivity contribution in [3.63, 3.8) is 0 Å². The van der Waals surface area contributed by atoms with Crippen LogP contribution in [-0.4, -0.2) is 14.1 Å². The van der Waals surface area contributed by atoms with Gasteiger partial charge in [0.05, 0.1) is 18.9 Å². The topological polar surface area (TPSA) is 49.0 Å². The predicted octanol–water partition coefficient (Wildman–Crippen LogP) is 5.34. The average Bonchev–Trinajstić information content (AvgIpc) is 2.86.